The molecular weight excluding hydrogens is 236 g/mol. The third kappa shape index (κ3) is 4.96. The molecule has 0 heterocycles. The molecule has 1 rings (SSSR count). The van der Waals surface area contributed by atoms with Gasteiger partial charge in [0.1, 0.15) is 0 Å². The van der Waals surface area contributed by atoms with Crippen LogP contribution in [0.15, 0.2) is 30.3 Å². The smallest absolute Gasteiger partial charge is 0.0550 e. The summed E-state index contributed by atoms with van der Waals surface area (Å²) in [7, 11) is 0. The van der Waals surface area contributed by atoms with Gasteiger partial charge in [-0.15, -0.1) is 0 Å². The second kappa shape index (κ2) is 9.11. The summed E-state index contributed by atoms with van der Waals surface area (Å²) in [6.45, 7) is 2.25. The molecule has 0 atom stereocenters. The Kier molecular flexibility index (Phi) is 7.76. The van der Waals surface area contributed by atoms with Crippen LogP contribution in [0.4, 0.5) is 0 Å². The Morgan fingerprint density at radius 3 is 2.00 bits per heavy atom. The average molecular weight is 264 g/mol. The summed E-state index contributed by atoms with van der Waals surface area (Å²) in [4.78, 5) is 0. The van der Waals surface area contributed by atoms with E-state index in [2.05, 4.69) is 6.92 Å². The number of aliphatic hydroxyl groups is 2. The number of rotatable bonds is 10. The van der Waals surface area contributed by atoms with Gasteiger partial charge < -0.3 is 10.2 Å². The van der Waals surface area contributed by atoms with Crippen molar-refractivity contribution in [2.24, 2.45) is 0 Å². The van der Waals surface area contributed by atoms with Crippen molar-refractivity contribution in [2.45, 2.75) is 57.3 Å². The maximum atomic E-state index is 9.71. The van der Waals surface area contributed by atoms with E-state index in [4.69, 9.17) is 0 Å². The van der Waals surface area contributed by atoms with E-state index in [1.165, 1.54) is 32.1 Å². The van der Waals surface area contributed by atoms with Gasteiger partial charge in [0.05, 0.1) is 13.2 Å². The lowest BCUT2D eigenvalue weighted by molar-refractivity contribution is 0.107. The standard InChI is InChI=1S/C17H28O2/c1-2-3-4-5-6-10-13-17(14-18,15-19)16-11-8-7-9-12-16/h7-9,11-12,18-19H,2-6,10,13-15H2,1H3. The van der Waals surface area contributed by atoms with Crippen molar-refractivity contribution in [3.05, 3.63) is 35.9 Å². The largest absolute Gasteiger partial charge is 0.395 e. The van der Waals surface area contributed by atoms with E-state index < -0.39 is 5.41 Å². The highest BCUT2D eigenvalue weighted by atomic mass is 16.3. The van der Waals surface area contributed by atoms with E-state index in [0.29, 0.717) is 0 Å². The van der Waals surface area contributed by atoms with E-state index in [1.807, 2.05) is 30.3 Å². The predicted octanol–water partition coefficient (Wildman–Crippen LogP) is 3.66. The maximum Gasteiger partial charge on any atom is 0.0550 e. The Labute approximate surface area is 117 Å². The normalized spacial score (nSPS) is 11.7. The van der Waals surface area contributed by atoms with Gasteiger partial charge in [-0.05, 0) is 12.0 Å². The van der Waals surface area contributed by atoms with Crippen LogP contribution < -0.4 is 0 Å². The van der Waals surface area contributed by atoms with Crippen LogP contribution in [-0.4, -0.2) is 23.4 Å². The molecule has 2 nitrogen and oxygen atoms in total. The number of hydrogen-bond donors (Lipinski definition) is 2. The molecule has 1 aromatic carbocycles. The van der Waals surface area contributed by atoms with Crippen LogP contribution in [0.2, 0.25) is 0 Å². The lowest BCUT2D eigenvalue weighted by Gasteiger charge is -2.30. The summed E-state index contributed by atoms with van der Waals surface area (Å²) in [5.74, 6) is 0. The monoisotopic (exact) mass is 264 g/mol. The van der Waals surface area contributed by atoms with Gasteiger partial charge in [0.2, 0.25) is 0 Å². The summed E-state index contributed by atoms with van der Waals surface area (Å²) in [6, 6.07) is 9.91. The van der Waals surface area contributed by atoms with Crippen molar-refractivity contribution in [3.63, 3.8) is 0 Å². The van der Waals surface area contributed by atoms with Crippen molar-refractivity contribution in [1.29, 1.82) is 0 Å². The molecule has 0 aliphatic carbocycles. The Balaban J connectivity index is 2.48. The second-order valence-corrected chi connectivity index (χ2v) is 5.48. The third-order valence-electron chi connectivity index (χ3n) is 4.00. The van der Waals surface area contributed by atoms with Gasteiger partial charge in [-0.1, -0.05) is 75.8 Å². The molecule has 0 amide bonds. The fourth-order valence-electron chi connectivity index (χ4n) is 2.57. The van der Waals surface area contributed by atoms with Crippen molar-refractivity contribution in [3.8, 4) is 0 Å². The number of benzene rings is 1. The molecule has 0 aromatic heterocycles. The van der Waals surface area contributed by atoms with Crippen LogP contribution in [0.1, 0.15) is 57.4 Å². The molecule has 0 fully saturated rings. The van der Waals surface area contributed by atoms with Gasteiger partial charge >= 0.3 is 0 Å². The first-order valence-electron chi connectivity index (χ1n) is 7.56. The molecule has 0 unspecified atom stereocenters. The minimum Gasteiger partial charge on any atom is -0.395 e. The number of aliphatic hydroxyl groups excluding tert-OH is 2. The third-order valence-corrected chi connectivity index (χ3v) is 4.00. The van der Waals surface area contributed by atoms with Crippen molar-refractivity contribution < 1.29 is 10.2 Å². The highest BCUT2D eigenvalue weighted by Gasteiger charge is 2.30. The summed E-state index contributed by atoms with van der Waals surface area (Å²) < 4.78 is 0. The van der Waals surface area contributed by atoms with Crippen LogP contribution in [-0.2, 0) is 5.41 Å². The van der Waals surface area contributed by atoms with E-state index in [0.717, 1.165) is 18.4 Å². The zero-order chi connectivity index (χ0) is 14.0. The van der Waals surface area contributed by atoms with Gasteiger partial charge in [-0.3, -0.25) is 0 Å². The molecule has 0 aliphatic heterocycles. The van der Waals surface area contributed by atoms with E-state index in [9.17, 15) is 10.2 Å². The molecule has 2 N–H and O–H groups in total. The van der Waals surface area contributed by atoms with E-state index in [-0.39, 0.29) is 13.2 Å². The molecule has 0 radical (unpaired) electrons. The molecule has 2 heteroatoms. The molecule has 1 aromatic rings. The van der Waals surface area contributed by atoms with E-state index in [1.54, 1.807) is 0 Å². The Hall–Kier alpha value is -0.860. The summed E-state index contributed by atoms with van der Waals surface area (Å²) in [5.41, 5.74) is 0.583. The molecule has 19 heavy (non-hydrogen) atoms. The van der Waals surface area contributed by atoms with Crippen molar-refractivity contribution >= 4 is 0 Å². The van der Waals surface area contributed by atoms with Crippen molar-refractivity contribution in [2.75, 3.05) is 13.2 Å². The topological polar surface area (TPSA) is 40.5 Å². The minimum atomic E-state index is -0.466. The van der Waals surface area contributed by atoms with Gasteiger partial charge in [0.15, 0.2) is 0 Å². The molecule has 0 saturated heterocycles. The summed E-state index contributed by atoms with van der Waals surface area (Å²) in [5, 5.41) is 19.4. The van der Waals surface area contributed by atoms with Gasteiger partial charge in [-0.2, -0.15) is 0 Å². The van der Waals surface area contributed by atoms with Crippen LogP contribution in [0.3, 0.4) is 0 Å². The van der Waals surface area contributed by atoms with Gasteiger partial charge in [-0.25, -0.2) is 0 Å². The Bertz CT molecular complexity index is 317. The number of hydrogen-bond acceptors (Lipinski definition) is 2. The quantitative estimate of drug-likeness (QED) is 0.633. The first kappa shape index (κ1) is 16.2. The van der Waals surface area contributed by atoms with E-state index >= 15 is 0 Å². The SMILES string of the molecule is CCCCCCCCC(CO)(CO)c1ccccc1. The molecule has 0 spiro atoms. The highest BCUT2D eigenvalue weighted by Crippen LogP contribution is 2.29. The summed E-state index contributed by atoms with van der Waals surface area (Å²) >= 11 is 0. The molecule has 0 bridgehead atoms. The molecule has 108 valence electrons. The predicted molar refractivity (Wildman–Crippen MR) is 80.3 cm³/mol. The van der Waals surface area contributed by atoms with Crippen LogP contribution >= 0.6 is 0 Å². The zero-order valence-electron chi connectivity index (χ0n) is 12.1. The fourth-order valence-corrected chi connectivity index (χ4v) is 2.57. The lowest BCUT2D eigenvalue weighted by atomic mass is 9.77. The average Bonchev–Trinajstić information content (AvgIpc) is 2.48. The van der Waals surface area contributed by atoms with Crippen LogP contribution in [0.5, 0.6) is 0 Å². The summed E-state index contributed by atoms with van der Waals surface area (Å²) in [6.07, 6.45) is 8.25. The Morgan fingerprint density at radius 2 is 1.42 bits per heavy atom. The first-order chi connectivity index (χ1) is 9.29. The van der Waals surface area contributed by atoms with Gasteiger partial charge in [0.25, 0.3) is 0 Å². The Morgan fingerprint density at radius 1 is 0.842 bits per heavy atom. The van der Waals surface area contributed by atoms with Crippen molar-refractivity contribution in [1.82, 2.24) is 0 Å². The first-order valence-corrected chi connectivity index (χ1v) is 7.56. The van der Waals surface area contributed by atoms with Crippen LogP contribution in [0.25, 0.3) is 0 Å². The lowest BCUT2D eigenvalue weighted by Crippen LogP contribution is -2.34. The molecule has 0 aliphatic rings. The maximum absolute atomic E-state index is 9.71. The zero-order valence-corrected chi connectivity index (χ0v) is 12.1. The van der Waals surface area contributed by atoms with Crippen LogP contribution in [0, 0.1) is 0 Å². The van der Waals surface area contributed by atoms with Gasteiger partial charge in [0, 0.05) is 5.41 Å². The minimum absolute atomic E-state index is 0.0163. The second-order valence-electron chi connectivity index (χ2n) is 5.48. The highest BCUT2D eigenvalue weighted by molar-refractivity contribution is 5.25. The molecular formula is C17H28O2. The fraction of sp³-hybridized carbons (Fsp3) is 0.647. The number of unbranched alkanes of at least 4 members (excludes halogenated alkanes) is 5. The molecule has 0 saturated carbocycles.